The van der Waals surface area contributed by atoms with Gasteiger partial charge in [-0.2, -0.15) is 0 Å². The van der Waals surface area contributed by atoms with Crippen LogP contribution in [0.5, 0.6) is 0 Å². The molecule has 2 aliphatic rings. The molecule has 0 radical (unpaired) electrons. The number of aliphatic imine (C=N–C) groups is 1. The molecule has 1 aromatic rings. The largest absolute Gasteiger partial charge is 0.357 e. The van der Waals surface area contributed by atoms with Crippen LogP contribution in [0.3, 0.4) is 0 Å². The summed E-state index contributed by atoms with van der Waals surface area (Å²) in [5.74, 6) is 0.921. The molecule has 1 saturated heterocycles. The van der Waals surface area contributed by atoms with Gasteiger partial charge in [-0.05, 0) is 33.1 Å². The van der Waals surface area contributed by atoms with Gasteiger partial charge in [0, 0.05) is 42.0 Å². The molecule has 2 heterocycles. The quantitative estimate of drug-likeness (QED) is 0.375. The van der Waals surface area contributed by atoms with Gasteiger partial charge in [-0.1, -0.05) is 20.8 Å². The summed E-state index contributed by atoms with van der Waals surface area (Å²) in [6.07, 6.45) is 3.96. The summed E-state index contributed by atoms with van der Waals surface area (Å²) in [6.45, 7) is 13.7. The number of likely N-dealkylation sites (tertiary alicyclic amines) is 1. The van der Waals surface area contributed by atoms with Crippen molar-refractivity contribution in [3.8, 4) is 0 Å². The van der Waals surface area contributed by atoms with Gasteiger partial charge in [-0.3, -0.25) is 4.90 Å². The minimum absolute atomic E-state index is 0. The predicted molar refractivity (Wildman–Crippen MR) is 122 cm³/mol. The molecule has 1 aromatic heterocycles. The highest BCUT2D eigenvalue weighted by molar-refractivity contribution is 14.0. The second kappa shape index (κ2) is 9.19. The second-order valence-electron chi connectivity index (χ2n) is 8.43. The number of thiazole rings is 1. The molecule has 2 atom stereocenters. The first kappa shape index (κ1) is 21.9. The van der Waals surface area contributed by atoms with Gasteiger partial charge in [0.25, 0.3) is 0 Å². The summed E-state index contributed by atoms with van der Waals surface area (Å²) in [4.78, 5) is 12.2. The van der Waals surface area contributed by atoms with E-state index in [2.05, 4.69) is 55.5 Å². The number of rotatable bonds is 5. The third kappa shape index (κ3) is 5.79. The summed E-state index contributed by atoms with van der Waals surface area (Å²) in [6, 6.07) is 2.02. The van der Waals surface area contributed by atoms with Gasteiger partial charge in [0.1, 0.15) is 5.01 Å². The lowest BCUT2D eigenvalue weighted by Gasteiger charge is -2.20. The smallest absolute Gasteiger partial charge is 0.191 e. The van der Waals surface area contributed by atoms with E-state index < -0.39 is 0 Å². The number of nitrogens with zero attached hydrogens (tertiary/aromatic N) is 3. The van der Waals surface area contributed by atoms with E-state index in [1.807, 2.05) is 0 Å². The first-order valence-corrected chi connectivity index (χ1v) is 10.5. The van der Waals surface area contributed by atoms with E-state index in [-0.39, 0.29) is 29.4 Å². The van der Waals surface area contributed by atoms with Gasteiger partial charge in [0.05, 0.1) is 12.2 Å². The SMILES string of the molecule is CCNC(=NCc1nc(C(C)(C)C)cs1)NC1CC(C)N(C2CC2)C1.I. The highest BCUT2D eigenvalue weighted by Crippen LogP contribution is 2.33. The molecule has 1 aliphatic heterocycles. The predicted octanol–water partition coefficient (Wildman–Crippen LogP) is 3.74. The average Bonchev–Trinajstić information content (AvgIpc) is 3.13. The Morgan fingerprint density at radius 1 is 1.38 bits per heavy atom. The molecule has 3 rings (SSSR count). The van der Waals surface area contributed by atoms with Crippen LogP contribution in [0.25, 0.3) is 0 Å². The number of guanidine groups is 1. The normalized spacial score (nSPS) is 24.4. The Morgan fingerprint density at radius 3 is 2.69 bits per heavy atom. The first-order chi connectivity index (χ1) is 11.9. The monoisotopic (exact) mass is 491 g/mol. The maximum Gasteiger partial charge on any atom is 0.191 e. The van der Waals surface area contributed by atoms with Crippen LogP contribution in [0.4, 0.5) is 0 Å². The van der Waals surface area contributed by atoms with Crippen molar-refractivity contribution < 1.29 is 0 Å². The van der Waals surface area contributed by atoms with Crippen LogP contribution in [0.2, 0.25) is 0 Å². The van der Waals surface area contributed by atoms with Crippen molar-refractivity contribution in [3.63, 3.8) is 0 Å². The van der Waals surface area contributed by atoms with Crippen molar-refractivity contribution in [1.29, 1.82) is 0 Å². The lowest BCUT2D eigenvalue weighted by Crippen LogP contribution is -2.44. The van der Waals surface area contributed by atoms with Crippen molar-refractivity contribution in [2.24, 2.45) is 4.99 Å². The van der Waals surface area contributed by atoms with Crippen LogP contribution in [0.1, 0.15) is 64.6 Å². The molecule has 2 unspecified atom stereocenters. The summed E-state index contributed by atoms with van der Waals surface area (Å²) >= 11 is 1.71. The van der Waals surface area contributed by atoms with Crippen molar-refractivity contribution in [2.45, 2.75) is 84.0 Å². The van der Waals surface area contributed by atoms with E-state index in [1.165, 1.54) is 19.3 Å². The zero-order valence-corrected chi connectivity index (χ0v) is 19.9. The van der Waals surface area contributed by atoms with E-state index in [0.717, 1.165) is 35.8 Å². The Bertz CT molecular complexity index is 605. The molecule has 0 aromatic carbocycles. The fourth-order valence-corrected chi connectivity index (χ4v) is 4.41. The molecule has 2 N–H and O–H groups in total. The summed E-state index contributed by atoms with van der Waals surface area (Å²) in [7, 11) is 0. The maximum atomic E-state index is 4.78. The summed E-state index contributed by atoms with van der Waals surface area (Å²) < 4.78 is 0. The highest BCUT2D eigenvalue weighted by Gasteiger charge is 2.38. The van der Waals surface area contributed by atoms with Crippen LogP contribution >= 0.6 is 35.3 Å². The van der Waals surface area contributed by atoms with Crippen molar-refractivity contribution in [1.82, 2.24) is 20.5 Å². The average molecular weight is 491 g/mol. The molecule has 7 heteroatoms. The van der Waals surface area contributed by atoms with Crippen LogP contribution in [-0.2, 0) is 12.0 Å². The molecule has 1 aliphatic carbocycles. The van der Waals surface area contributed by atoms with Gasteiger partial charge >= 0.3 is 0 Å². The van der Waals surface area contributed by atoms with Gasteiger partial charge in [-0.25, -0.2) is 9.98 Å². The molecule has 26 heavy (non-hydrogen) atoms. The lowest BCUT2D eigenvalue weighted by atomic mass is 9.93. The molecule has 148 valence electrons. The fourth-order valence-electron chi connectivity index (χ4n) is 3.46. The standard InChI is InChI=1S/C19H33N5S.HI/c1-6-20-18(21-10-17-23-16(12-25-17)19(3,4)5)22-14-9-13(2)24(11-14)15-7-8-15;/h12-15H,6-11H2,1-5H3,(H2,20,21,22);1H. The molecule has 2 fully saturated rings. The van der Waals surface area contributed by atoms with E-state index in [0.29, 0.717) is 18.6 Å². The van der Waals surface area contributed by atoms with Gasteiger partial charge in [0.2, 0.25) is 0 Å². The third-order valence-corrected chi connectivity index (χ3v) is 5.85. The van der Waals surface area contributed by atoms with Crippen LogP contribution < -0.4 is 10.6 Å². The number of halogens is 1. The Kier molecular flexibility index (Phi) is 7.73. The molecule has 5 nitrogen and oxygen atoms in total. The van der Waals surface area contributed by atoms with Gasteiger partial charge in [-0.15, -0.1) is 35.3 Å². The summed E-state index contributed by atoms with van der Waals surface area (Å²) in [5.41, 5.74) is 1.26. The maximum absolute atomic E-state index is 4.78. The topological polar surface area (TPSA) is 52.6 Å². The Morgan fingerprint density at radius 2 is 2.12 bits per heavy atom. The molecular formula is C19H34IN5S. The molecular weight excluding hydrogens is 457 g/mol. The van der Waals surface area contributed by atoms with Crippen molar-refractivity contribution in [2.75, 3.05) is 13.1 Å². The third-order valence-electron chi connectivity index (χ3n) is 5.02. The first-order valence-electron chi connectivity index (χ1n) is 9.62. The number of hydrogen-bond donors (Lipinski definition) is 2. The second-order valence-corrected chi connectivity index (χ2v) is 9.37. The van der Waals surface area contributed by atoms with E-state index in [4.69, 9.17) is 9.98 Å². The van der Waals surface area contributed by atoms with Crippen molar-refractivity contribution in [3.05, 3.63) is 16.1 Å². The molecule has 0 spiro atoms. The fraction of sp³-hybridized carbons (Fsp3) is 0.789. The van der Waals surface area contributed by atoms with E-state index in [1.54, 1.807) is 11.3 Å². The number of nitrogens with one attached hydrogen (secondary N) is 2. The Labute approximate surface area is 179 Å². The zero-order chi connectivity index (χ0) is 18.0. The van der Waals surface area contributed by atoms with Crippen molar-refractivity contribution >= 4 is 41.3 Å². The summed E-state index contributed by atoms with van der Waals surface area (Å²) in [5, 5.41) is 10.3. The Hall–Kier alpha value is -0.410. The van der Waals surface area contributed by atoms with E-state index in [9.17, 15) is 0 Å². The van der Waals surface area contributed by atoms with Crippen LogP contribution in [0.15, 0.2) is 10.4 Å². The van der Waals surface area contributed by atoms with Crippen LogP contribution in [-0.4, -0.2) is 47.1 Å². The zero-order valence-electron chi connectivity index (χ0n) is 16.7. The van der Waals surface area contributed by atoms with Gasteiger partial charge in [0.15, 0.2) is 5.96 Å². The van der Waals surface area contributed by atoms with E-state index >= 15 is 0 Å². The Balaban J connectivity index is 0.00000243. The molecule has 0 amide bonds. The minimum Gasteiger partial charge on any atom is -0.357 e. The molecule has 0 bridgehead atoms. The van der Waals surface area contributed by atoms with Crippen LogP contribution in [0, 0.1) is 0 Å². The number of aromatic nitrogens is 1. The highest BCUT2D eigenvalue weighted by atomic mass is 127. The number of hydrogen-bond acceptors (Lipinski definition) is 4. The van der Waals surface area contributed by atoms with Gasteiger partial charge < -0.3 is 10.6 Å². The molecule has 1 saturated carbocycles. The lowest BCUT2D eigenvalue weighted by molar-refractivity contribution is 0.256. The minimum atomic E-state index is 0.